The van der Waals surface area contributed by atoms with Gasteiger partial charge in [-0.2, -0.15) is 8.42 Å². The van der Waals surface area contributed by atoms with Crippen molar-refractivity contribution in [3.63, 3.8) is 0 Å². The zero-order chi connectivity index (χ0) is 22.1. The van der Waals surface area contributed by atoms with E-state index in [9.17, 15) is 8.42 Å². The Kier molecular flexibility index (Phi) is 8.09. The minimum Gasteiger partial charge on any atom is -0.378 e. The summed E-state index contributed by atoms with van der Waals surface area (Å²) >= 11 is 0. The molecule has 6 heteroatoms. The van der Waals surface area contributed by atoms with Crippen molar-refractivity contribution in [2.45, 2.75) is 11.8 Å². The van der Waals surface area contributed by atoms with Crippen LogP contribution in [0.4, 0.5) is 5.69 Å². The number of hydrogen-bond acceptors (Lipinski definition) is 4. The van der Waals surface area contributed by atoms with E-state index < -0.39 is 10.1 Å². The van der Waals surface area contributed by atoms with Crippen molar-refractivity contribution in [2.24, 2.45) is 0 Å². The van der Waals surface area contributed by atoms with Crippen LogP contribution in [-0.2, 0) is 10.1 Å². The molecule has 0 saturated carbocycles. The third kappa shape index (κ3) is 7.31. The Morgan fingerprint density at radius 2 is 1.47 bits per heavy atom. The second-order valence-electron chi connectivity index (χ2n) is 6.80. The van der Waals surface area contributed by atoms with E-state index in [1.807, 2.05) is 33.3 Å². The van der Waals surface area contributed by atoms with Gasteiger partial charge in [-0.25, -0.2) is 0 Å². The van der Waals surface area contributed by atoms with Crippen molar-refractivity contribution in [3.05, 3.63) is 95.8 Å². The Labute approximate surface area is 178 Å². The standard InChI is InChI=1S/C16H18N2.C8H8O3S/c1-13-12-15(10-11-17-13)5-4-14-6-8-16(9-7-14)18(2)3;1-2-7-3-5-8(6-4-7)12(9,10)11/h4-12H,1-3H3;2-6H,1H2,(H,9,10,11). The first-order chi connectivity index (χ1) is 14.2. The van der Waals surface area contributed by atoms with Gasteiger partial charge in [0.05, 0.1) is 4.90 Å². The summed E-state index contributed by atoms with van der Waals surface area (Å²) in [5.41, 5.74) is 5.45. The van der Waals surface area contributed by atoms with Gasteiger partial charge in [0.15, 0.2) is 0 Å². The smallest absolute Gasteiger partial charge is 0.294 e. The van der Waals surface area contributed by atoms with E-state index in [0.717, 1.165) is 11.3 Å². The number of benzene rings is 2. The highest BCUT2D eigenvalue weighted by atomic mass is 32.2. The summed E-state index contributed by atoms with van der Waals surface area (Å²) in [5, 5.41) is 0. The van der Waals surface area contributed by atoms with E-state index in [0.29, 0.717) is 0 Å². The Hall–Kier alpha value is -3.22. The Morgan fingerprint density at radius 3 is 1.97 bits per heavy atom. The number of aromatic nitrogens is 1. The van der Waals surface area contributed by atoms with Gasteiger partial charge >= 0.3 is 0 Å². The molecule has 0 radical (unpaired) electrons. The lowest BCUT2D eigenvalue weighted by Gasteiger charge is -2.11. The normalized spacial score (nSPS) is 10.9. The van der Waals surface area contributed by atoms with Crippen molar-refractivity contribution in [1.82, 2.24) is 4.98 Å². The Morgan fingerprint density at radius 1 is 0.900 bits per heavy atom. The number of hydrogen-bond donors (Lipinski definition) is 1. The minimum absolute atomic E-state index is 0.104. The van der Waals surface area contributed by atoms with Gasteiger partial charge in [-0.05, 0) is 60.0 Å². The van der Waals surface area contributed by atoms with Gasteiger partial charge in [0.25, 0.3) is 10.1 Å². The van der Waals surface area contributed by atoms with Gasteiger partial charge in [0.1, 0.15) is 0 Å². The van der Waals surface area contributed by atoms with Crippen LogP contribution in [0.3, 0.4) is 0 Å². The van der Waals surface area contributed by atoms with Crippen molar-refractivity contribution in [3.8, 4) is 0 Å². The molecule has 0 aliphatic rings. The summed E-state index contributed by atoms with van der Waals surface area (Å²) in [5.74, 6) is 0. The molecule has 3 rings (SSSR count). The molecule has 0 atom stereocenters. The first kappa shape index (κ1) is 23.1. The van der Waals surface area contributed by atoms with Crippen LogP contribution in [0.1, 0.15) is 22.4 Å². The summed E-state index contributed by atoms with van der Waals surface area (Å²) in [6, 6.07) is 18.4. The second-order valence-corrected chi connectivity index (χ2v) is 8.22. The maximum atomic E-state index is 10.6. The molecule has 1 heterocycles. The predicted molar refractivity (Wildman–Crippen MR) is 125 cm³/mol. The summed E-state index contributed by atoms with van der Waals surface area (Å²) in [6.45, 7) is 5.51. The summed E-state index contributed by atoms with van der Waals surface area (Å²) < 4.78 is 29.7. The summed E-state index contributed by atoms with van der Waals surface area (Å²) in [6.07, 6.45) is 7.66. The molecule has 1 aromatic heterocycles. The molecule has 3 aromatic rings. The molecule has 0 aliphatic heterocycles. The predicted octanol–water partition coefficient (Wildman–Crippen LogP) is 5.20. The van der Waals surface area contributed by atoms with Gasteiger partial charge < -0.3 is 4.90 Å². The monoisotopic (exact) mass is 422 g/mol. The lowest BCUT2D eigenvalue weighted by molar-refractivity contribution is 0.483. The topological polar surface area (TPSA) is 70.5 Å². The van der Waals surface area contributed by atoms with Crippen LogP contribution in [0, 0.1) is 6.92 Å². The molecule has 0 unspecified atom stereocenters. The molecular weight excluding hydrogens is 396 g/mol. The van der Waals surface area contributed by atoms with Gasteiger partial charge in [-0.3, -0.25) is 9.54 Å². The van der Waals surface area contributed by atoms with E-state index >= 15 is 0 Å². The summed E-state index contributed by atoms with van der Waals surface area (Å²) in [4.78, 5) is 6.18. The fourth-order valence-corrected chi connectivity index (χ4v) is 3.00. The highest BCUT2D eigenvalue weighted by Crippen LogP contribution is 2.14. The van der Waals surface area contributed by atoms with Crippen molar-refractivity contribution >= 4 is 34.0 Å². The molecule has 5 nitrogen and oxygen atoms in total. The van der Waals surface area contributed by atoms with Gasteiger partial charge in [0, 0.05) is 31.7 Å². The SMILES string of the molecule is C=Cc1ccc(S(=O)(=O)O)cc1.Cc1cc(C=Cc2ccc(N(C)C)cc2)ccn1. The lowest BCUT2D eigenvalue weighted by atomic mass is 10.1. The Balaban J connectivity index is 0.000000232. The zero-order valence-electron chi connectivity index (χ0n) is 17.4. The third-order valence-electron chi connectivity index (χ3n) is 4.21. The van der Waals surface area contributed by atoms with Crippen LogP contribution in [0.5, 0.6) is 0 Å². The molecular formula is C24H26N2O3S. The van der Waals surface area contributed by atoms with E-state index in [1.165, 1.54) is 28.9 Å². The highest BCUT2D eigenvalue weighted by Gasteiger charge is 2.07. The fraction of sp³-hybridized carbons (Fsp3) is 0.125. The average molecular weight is 423 g/mol. The minimum atomic E-state index is -4.06. The number of nitrogens with zero attached hydrogens (tertiary/aromatic N) is 2. The van der Waals surface area contributed by atoms with Crippen LogP contribution in [0.15, 0.2) is 78.3 Å². The zero-order valence-corrected chi connectivity index (χ0v) is 18.2. The van der Waals surface area contributed by atoms with Crippen molar-refractivity contribution < 1.29 is 13.0 Å². The van der Waals surface area contributed by atoms with Gasteiger partial charge in [0.2, 0.25) is 0 Å². The van der Waals surface area contributed by atoms with E-state index in [4.69, 9.17) is 4.55 Å². The quantitative estimate of drug-likeness (QED) is 0.572. The van der Waals surface area contributed by atoms with Crippen LogP contribution in [0.2, 0.25) is 0 Å². The largest absolute Gasteiger partial charge is 0.378 e. The van der Waals surface area contributed by atoms with Crippen molar-refractivity contribution in [1.29, 1.82) is 0 Å². The van der Waals surface area contributed by atoms with Crippen molar-refractivity contribution in [2.75, 3.05) is 19.0 Å². The van der Waals surface area contributed by atoms with Gasteiger partial charge in [-0.15, -0.1) is 0 Å². The van der Waals surface area contributed by atoms with E-state index in [1.54, 1.807) is 18.2 Å². The number of aryl methyl sites for hydroxylation is 1. The molecule has 0 aliphatic carbocycles. The molecule has 156 valence electrons. The lowest BCUT2D eigenvalue weighted by Crippen LogP contribution is -2.07. The first-order valence-electron chi connectivity index (χ1n) is 9.27. The number of pyridine rings is 1. The molecule has 0 bridgehead atoms. The number of anilines is 1. The number of rotatable bonds is 5. The second kappa shape index (κ2) is 10.5. The van der Waals surface area contributed by atoms with Crippen LogP contribution < -0.4 is 4.90 Å². The summed E-state index contributed by atoms with van der Waals surface area (Å²) in [7, 11) is 0.0303. The van der Waals surface area contributed by atoms with E-state index in [2.05, 4.69) is 58.9 Å². The maximum absolute atomic E-state index is 10.6. The Bertz CT molecular complexity index is 1100. The third-order valence-corrected chi connectivity index (χ3v) is 5.08. The highest BCUT2D eigenvalue weighted by molar-refractivity contribution is 7.85. The van der Waals surface area contributed by atoms with Crippen LogP contribution >= 0.6 is 0 Å². The molecule has 0 fully saturated rings. The average Bonchev–Trinajstić information content (AvgIpc) is 2.72. The van der Waals surface area contributed by atoms with Crippen LogP contribution in [0.25, 0.3) is 18.2 Å². The van der Waals surface area contributed by atoms with Crippen LogP contribution in [-0.4, -0.2) is 32.0 Å². The molecule has 30 heavy (non-hydrogen) atoms. The molecule has 0 spiro atoms. The fourth-order valence-electron chi connectivity index (χ4n) is 2.52. The first-order valence-corrected chi connectivity index (χ1v) is 10.7. The van der Waals surface area contributed by atoms with E-state index in [-0.39, 0.29) is 4.90 Å². The molecule has 0 saturated heterocycles. The molecule has 0 amide bonds. The molecule has 2 aromatic carbocycles. The molecule has 1 N–H and O–H groups in total. The van der Waals surface area contributed by atoms with Gasteiger partial charge in [-0.1, -0.05) is 49.1 Å². The maximum Gasteiger partial charge on any atom is 0.294 e.